The van der Waals surface area contributed by atoms with Gasteiger partial charge in [0.15, 0.2) is 0 Å². The average Bonchev–Trinajstić information content (AvgIpc) is 2.61. The van der Waals surface area contributed by atoms with Gasteiger partial charge in [0.1, 0.15) is 11.5 Å². The molecule has 2 aromatic carbocycles. The van der Waals surface area contributed by atoms with Gasteiger partial charge in [-0.15, -0.1) is 0 Å². The zero-order valence-corrected chi connectivity index (χ0v) is 14.0. The van der Waals surface area contributed by atoms with Gasteiger partial charge in [-0.1, -0.05) is 12.1 Å². The highest BCUT2D eigenvalue weighted by atomic mass is 19.3. The number of para-hydroxylation sites is 1. The molecule has 2 rings (SSSR count). The number of amides is 2. The minimum Gasteiger partial charge on any atom is -0.494 e. The molecule has 2 aromatic rings. The molecule has 0 heterocycles. The smallest absolute Gasteiger partial charge is 0.387 e. The number of carbonyl (C=O) groups is 2. The lowest BCUT2D eigenvalue weighted by atomic mass is 10.2. The molecule has 0 aliphatic heterocycles. The lowest BCUT2D eigenvalue weighted by Crippen LogP contribution is -2.33. The molecule has 0 aliphatic carbocycles. The van der Waals surface area contributed by atoms with Crippen molar-refractivity contribution < 1.29 is 27.8 Å². The van der Waals surface area contributed by atoms with Crippen LogP contribution >= 0.6 is 0 Å². The van der Waals surface area contributed by atoms with Crippen LogP contribution < -0.4 is 20.1 Å². The summed E-state index contributed by atoms with van der Waals surface area (Å²) in [5.74, 6) is -0.737. The van der Waals surface area contributed by atoms with Crippen molar-refractivity contribution in [2.45, 2.75) is 13.5 Å². The second-order valence-corrected chi connectivity index (χ2v) is 5.06. The Bertz CT molecular complexity index is 751. The Morgan fingerprint density at radius 3 is 2.42 bits per heavy atom. The summed E-state index contributed by atoms with van der Waals surface area (Å²) in [6.07, 6.45) is 0. The topological polar surface area (TPSA) is 76.7 Å². The van der Waals surface area contributed by atoms with Gasteiger partial charge < -0.3 is 20.1 Å². The molecule has 6 nitrogen and oxygen atoms in total. The molecule has 0 saturated heterocycles. The van der Waals surface area contributed by atoms with E-state index in [-0.39, 0.29) is 17.9 Å². The molecule has 0 unspecified atom stereocenters. The molecule has 2 amide bonds. The largest absolute Gasteiger partial charge is 0.494 e. The van der Waals surface area contributed by atoms with Crippen molar-refractivity contribution in [1.82, 2.24) is 5.32 Å². The van der Waals surface area contributed by atoms with E-state index < -0.39 is 18.4 Å². The Labute approximate surface area is 149 Å². The molecular formula is C18H18F2N2O4. The number of carbonyl (C=O) groups excluding carboxylic acids is 2. The second kappa shape index (κ2) is 9.36. The Morgan fingerprint density at radius 2 is 1.77 bits per heavy atom. The number of alkyl halides is 2. The molecule has 138 valence electrons. The first kappa shape index (κ1) is 19.2. The van der Waals surface area contributed by atoms with Gasteiger partial charge in [-0.3, -0.25) is 9.59 Å². The molecule has 0 saturated carbocycles. The Hall–Kier alpha value is -3.16. The first-order valence-electron chi connectivity index (χ1n) is 7.84. The Kier molecular flexibility index (Phi) is 6.90. The van der Waals surface area contributed by atoms with Gasteiger partial charge in [0.05, 0.1) is 18.7 Å². The number of benzene rings is 2. The van der Waals surface area contributed by atoms with Crippen LogP contribution in [0.1, 0.15) is 17.3 Å². The van der Waals surface area contributed by atoms with E-state index in [1.807, 2.05) is 6.92 Å². The molecule has 8 heteroatoms. The van der Waals surface area contributed by atoms with Crippen molar-refractivity contribution >= 4 is 17.5 Å². The van der Waals surface area contributed by atoms with E-state index in [9.17, 15) is 18.4 Å². The first-order valence-corrected chi connectivity index (χ1v) is 7.84. The maximum Gasteiger partial charge on any atom is 0.387 e. The molecule has 0 bridgehead atoms. The number of ether oxygens (including phenoxy) is 2. The SMILES string of the molecule is CCOc1ccc(NC(=O)CNC(=O)c2ccccc2OC(F)F)cc1. The zero-order valence-electron chi connectivity index (χ0n) is 14.0. The summed E-state index contributed by atoms with van der Waals surface area (Å²) in [6.45, 7) is -0.973. The maximum atomic E-state index is 12.4. The molecule has 0 aliphatic rings. The number of hydrogen-bond donors (Lipinski definition) is 2. The van der Waals surface area contributed by atoms with Gasteiger partial charge in [0.2, 0.25) is 5.91 Å². The predicted molar refractivity (Wildman–Crippen MR) is 91.6 cm³/mol. The van der Waals surface area contributed by atoms with Crippen LogP contribution in [0.15, 0.2) is 48.5 Å². The third kappa shape index (κ3) is 5.73. The van der Waals surface area contributed by atoms with Crippen molar-refractivity contribution in [3.8, 4) is 11.5 Å². The molecule has 0 aromatic heterocycles. The second-order valence-electron chi connectivity index (χ2n) is 5.06. The summed E-state index contributed by atoms with van der Waals surface area (Å²) in [7, 11) is 0. The van der Waals surface area contributed by atoms with Crippen molar-refractivity contribution in [1.29, 1.82) is 0 Å². The van der Waals surface area contributed by atoms with Crippen molar-refractivity contribution in [3.05, 3.63) is 54.1 Å². The molecule has 2 N–H and O–H groups in total. The van der Waals surface area contributed by atoms with Gasteiger partial charge in [0, 0.05) is 5.69 Å². The van der Waals surface area contributed by atoms with Crippen LogP contribution in [0, 0.1) is 0 Å². The highest BCUT2D eigenvalue weighted by Crippen LogP contribution is 2.20. The number of anilines is 1. The zero-order chi connectivity index (χ0) is 18.9. The van der Waals surface area contributed by atoms with Crippen molar-refractivity contribution in [3.63, 3.8) is 0 Å². The van der Waals surface area contributed by atoms with Gasteiger partial charge >= 0.3 is 6.61 Å². The van der Waals surface area contributed by atoms with E-state index in [1.54, 1.807) is 24.3 Å². The fourth-order valence-electron chi connectivity index (χ4n) is 2.12. The van der Waals surface area contributed by atoms with E-state index in [1.165, 1.54) is 24.3 Å². The number of nitrogens with one attached hydrogen (secondary N) is 2. The van der Waals surface area contributed by atoms with Crippen molar-refractivity contribution in [2.75, 3.05) is 18.5 Å². The lowest BCUT2D eigenvalue weighted by Gasteiger charge is -2.11. The van der Waals surface area contributed by atoms with E-state index in [4.69, 9.17) is 4.74 Å². The Morgan fingerprint density at radius 1 is 1.08 bits per heavy atom. The molecule has 0 spiro atoms. The van der Waals surface area contributed by atoms with Crippen LogP contribution in [0.5, 0.6) is 11.5 Å². The summed E-state index contributed by atoms with van der Waals surface area (Å²) >= 11 is 0. The molecule has 0 atom stereocenters. The molecule has 26 heavy (non-hydrogen) atoms. The summed E-state index contributed by atoms with van der Waals surface area (Å²) in [4.78, 5) is 24.0. The maximum absolute atomic E-state index is 12.4. The normalized spacial score (nSPS) is 10.3. The molecule has 0 radical (unpaired) electrons. The van der Waals surface area contributed by atoms with E-state index in [0.29, 0.717) is 18.0 Å². The van der Waals surface area contributed by atoms with Crippen molar-refractivity contribution in [2.24, 2.45) is 0 Å². The lowest BCUT2D eigenvalue weighted by molar-refractivity contribution is -0.115. The molecule has 0 fully saturated rings. The minimum atomic E-state index is -3.05. The standard InChI is InChI=1S/C18H18F2N2O4/c1-2-25-13-9-7-12(8-10-13)22-16(23)11-21-17(24)14-5-3-4-6-15(14)26-18(19)20/h3-10,18H,2,11H2,1H3,(H,21,24)(H,22,23). The number of halogens is 2. The summed E-state index contributed by atoms with van der Waals surface area (Å²) < 4.78 is 34.3. The van der Waals surface area contributed by atoms with E-state index in [0.717, 1.165) is 0 Å². The van der Waals surface area contributed by atoms with Crippen LogP contribution in [0.4, 0.5) is 14.5 Å². The number of hydrogen-bond acceptors (Lipinski definition) is 4. The monoisotopic (exact) mass is 364 g/mol. The van der Waals surface area contributed by atoms with Gasteiger partial charge in [-0.25, -0.2) is 0 Å². The van der Waals surface area contributed by atoms with Crippen LogP contribution in [0.25, 0.3) is 0 Å². The van der Waals surface area contributed by atoms with Crippen LogP contribution in [0.2, 0.25) is 0 Å². The predicted octanol–water partition coefficient (Wildman–Crippen LogP) is 3.06. The fraction of sp³-hybridized carbons (Fsp3) is 0.222. The summed E-state index contributed by atoms with van der Waals surface area (Å²) in [6, 6.07) is 12.3. The molecular weight excluding hydrogens is 346 g/mol. The van der Waals surface area contributed by atoms with Crippen LogP contribution in [-0.4, -0.2) is 31.6 Å². The van der Waals surface area contributed by atoms with Gasteiger partial charge in [0.25, 0.3) is 5.91 Å². The highest BCUT2D eigenvalue weighted by Gasteiger charge is 2.16. The van der Waals surface area contributed by atoms with Gasteiger partial charge in [-0.2, -0.15) is 8.78 Å². The number of rotatable bonds is 8. The van der Waals surface area contributed by atoms with Gasteiger partial charge in [-0.05, 0) is 43.3 Å². The average molecular weight is 364 g/mol. The quantitative estimate of drug-likeness (QED) is 0.755. The van der Waals surface area contributed by atoms with E-state index in [2.05, 4.69) is 15.4 Å². The fourth-order valence-corrected chi connectivity index (χ4v) is 2.12. The third-order valence-electron chi connectivity index (χ3n) is 3.21. The minimum absolute atomic E-state index is 0.0818. The Balaban J connectivity index is 1.90. The van der Waals surface area contributed by atoms with Crippen LogP contribution in [-0.2, 0) is 4.79 Å². The third-order valence-corrected chi connectivity index (χ3v) is 3.21. The van der Waals surface area contributed by atoms with E-state index >= 15 is 0 Å². The summed E-state index contributed by atoms with van der Waals surface area (Å²) in [5, 5.41) is 4.97. The summed E-state index contributed by atoms with van der Waals surface area (Å²) in [5.41, 5.74) is 0.454. The van der Waals surface area contributed by atoms with Crippen LogP contribution in [0.3, 0.4) is 0 Å². The highest BCUT2D eigenvalue weighted by molar-refractivity contribution is 6.00. The first-order chi connectivity index (χ1) is 12.5.